The predicted octanol–water partition coefficient (Wildman–Crippen LogP) is 4.32. The summed E-state index contributed by atoms with van der Waals surface area (Å²) in [6.07, 6.45) is -3.18. The second kappa shape index (κ2) is 19.0. The summed E-state index contributed by atoms with van der Waals surface area (Å²) in [7, 11) is 6.37. The third-order valence-electron chi connectivity index (χ3n) is 16.8. The Labute approximate surface area is 379 Å². The Morgan fingerprint density at radius 3 is 2.09 bits per heavy atom. The molecule has 0 aromatic heterocycles. The SMILES string of the molecule is CO[C@H]1[C@@H](OC)[C@H](C)[C@](O)(CC(=O)O)O[C@H]1[C@@H](C)[C@H]1O[C@@]2(CC[C@@](C)([C@H]3CC[C@@](C)([C@@H]4O[C@@H]([C@H]5O[C@](C)(O)[C@@H](C)C[C@@H]5C)C[C@@H]4O[C@@H]4C[C@H](OC)[C@@H](OC)[C@H](C)O4)O3)O2)C[C@H](O)[C@H]1C. The van der Waals surface area contributed by atoms with Crippen molar-refractivity contribution in [1.82, 2.24) is 0 Å². The van der Waals surface area contributed by atoms with E-state index in [0.717, 1.165) is 6.42 Å². The van der Waals surface area contributed by atoms with Crippen molar-refractivity contribution >= 4 is 5.97 Å². The van der Waals surface area contributed by atoms with Crippen LogP contribution < -0.4 is 0 Å². The van der Waals surface area contributed by atoms with Crippen LogP contribution in [0.15, 0.2) is 0 Å². The summed E-state index contributed by atoms with van der Waals surface area (Å²) in [5, 5.41) is 44.3. The number of carboxylic acid groups (broad SMARTS) is 1. The van der Waals surface area contributed by atoms with Crippen molar-refractivity contribution in [2.45, 2.75) is 234 Å². The molecule has 0 aliphatic carbocycles. The molecule has 0 unspecified atom stereocenters. The maximum atomic E-state index is 11.9. The van der Waals surface area contributed by atoms with E-state index in [4.69, 9.17) is 56.8 Å². The van der Waals surface area contributed by atoms with Crippen molar-refractivity contribution in [3.63, 3.8) is 0 Å². The van der Waals surface area contributed by atoms with Crippen LogP contribution in [0.5, 0.6) is 0 Å². The van der Waals surface area contributed by atoms with Gasteiger partial charge in [-0.1, -0.05) is 34.6 Å². The first kappa shape index (κ1) is 50.7. The predicted molar refractivity (Wildman–Crippen MR) is 228 cm³/mol. The number of methoxy groups -OCH3 is 4. The van der Waals surface area contributed by atoms with Gasteiger partial charge in [0.25, 0.3) is 0 Å². The second-order valence-corrected chi connectivity index (χ2v) is 21.3. The molecule has 1 spiro atoms. The molecule has 17 nitrogen and oxygen atoms in total. The zero-order chi connectivity index (χ0) is 46.9. The minimum Gasteiger partial charge on any atom is -0.481 e. The fourth-order valence-corrected chi connectivity index (χ4v) is 12.7. The van der Waals surface area contributed by atoms with E-state index in [1.54, 1.807) is 28.1 Å². The fourth-order valence-electron chi connectivity index (χ4n) is 12.7. The van der Waals surface area contributed by atoms with Gasteiger partial charge in [-0.25, -0.2) is 0 Å². The maximum Gasteiger partial charge on any atom is 0.308 e. The van der Waals surface area contributed by atoms with Crippen LogP contribution in [0.3, 0.4) is 0 Å². The molecule has 7 rings (SSSR count). The zero-order valence-electron chi connectivity index (χ0n) is 40.4. The van der Waals surface area contributed by atoms with Crippen LogP contribution >= 0.6 is 0 Å². The minimum atomic E-state index is -2.03. The highest BCUT2D eigenvalue weighted by atomic mass is 16.7. The summed E-state index contributed by atoms with van der Waals surface area (Å²) in [6.45, 7) is 17.5. The number of rotatable bonds is 13. The number of hydrogen-bond acceptors (Lipinski definition) is 16. The lowest BCUT2D eigenvalue weighted by atomic mass is 9.75. The molecule has 7 saturated heterocycles. The highest BCUT2D eigenvalue weighted by molar-refractivity contribution is 5.68. The Bertz CT molecular complexity index is 1600. The lowest BCUT2D eigenvalue weighted by Crippen LogP contribution is -2.65. The molecule has 7 aliphatic rings. The topological polar surface area (TPSA) is 209 Å². The van der Waals surface area contributed by atoms with Crippen LogP contribution in [-0.4, -0.2) is 169 Å². The van der Waals surface area contributed by atoms with E-state index < -0.39 is 102 Å². The first-order valence-electron chi connectivity index (χ1n) is 23.8. The van der Waals surface area contributed by atoms with Gasteiger partial charge in [0.1, 0.15) is 18.3 Å². The van der Waals surface area contributed by atoms with Gasteiger partial charge in [-0.3, -0.25) is 4.79 Å². The van der Waals surface area contributed by atoms with E-state index in [9.17, 15) is 25.2 Å². The first-order valence-corrected chi connectivity index (χ1v) is 23.8. The molecule has 0 amide bonds. The summed E-state index contributed by atoms with van der Waals surface area (Å²) in [4.78, 5) is 11.9. The number of aliphatic carboxylic acids is 1. The highest BCUT2D eigenvalue weighted by Gasteiger charge is 2.64. The minimum absolute atomic E-state index is 0.0406. The molecule has 7 aliphatic heterocycles. The van der Waals surface area contributed by atoms with Gasteiger partial charge in [0, 0.05) is 77.8 Å². The van der Waals surface area contributed by atoms with Crippen LogP contribution in [0.1, 0.15) is 120 Å². The van der Waals surface area contributed by atoms with Gasteiger partial charge < -0.3 is 77.3 Å². The van der Waals surface area contributed by atoms with Crippen molar-refractivity contribution in [3.8, 4) is 0 Å². The van der Waals surface area contributed by atoms with Crippen LogP contribution in [0.2, 0.25) is 0 Å². The summed E-state index contributed by atoms with van der Waals surface area (Å²) < 4.78 is 77.6. The smallest absolute Gasteiger partial charge is 0.308 e. The highest BCUT2D eigenvalue weighted by Crippen LogP contribution is 2.55. The molecule has 64 heavy (non-hydrogen) atoms. The Balaban J connectivity index is 1.09. The normalized spacial score (nSPS) is 54.1. The molecular formula is C47H80O17. The van der Waals surface area contributed by atoms with Gasteiger partial charge in [-0.2, -0.15) is 0 Å². The van der Waals surface area contributed by atoms with E-state index in [0.29, 0.717) is 38.5 Å². The average molecular weight is 917 g/mol. The summed E-state index contributed by atoms with van der Waals surface area (Å²) in [5.74, 6) is -7.18. The van der Waals surface area contributed by atoms with Crippen molar-refractivity contribution in [2.24, 2.45) is 29.6 Å². The quantitative estimate of drug-likeness (QED) is 0.203. The summed E-state index contributed by atoms with van der Waals surface area (Å²) in [5.41, 5.74) is -1.60. The Morgan fingerprint density at radius 1 is 0.766 bits per heavy atom. The molecule has 370 valence electrons. The molecule has 0 radical (unpaired) electrons. The van der Waals surface area contributed by atoms with Gasteiger partial charge in [0.15, 0.2) is 23.7 Å². The summed E-state index contributed by atoms with van der Waals surface area (Å²) >= 11 is 0. The van der Waals surface area contributed by atoms with E-state index in [1.807, 2.05) is 34.6 Å². The number of aliphatic hydroxyl groups is 3. The van der Waals surface area contributed by atoms with E-state index in [-0.39, 0.29) is 60.8 Å². The van der Waals surface area contributed by atoms with Gasteiger partial charge in [0.05, 0.1) is 78.7 Å². The molecule has 0 bridgehead atoms. The van der Waals surface area contributed by atoms with E-state index in [2.05, 4.69) is 13.8 Å². The number of carboxylic acids is 1. The van der Waals surface area contributed by atoms with E-state index >= 15 is 0 Å². The molecular weight excluding hydrogens is 836 g/mol. The summed E-state index contributed by atoms with van der Waals surface area (Å²) in [6, 6.07) is 0. The van der Waals surface area contributed by atoms with Crippen LogP contribution in [0.4, 0.5) is 0 Å². The Hall–Kier alpha value is -1.13. The zero-order valence-corrected chi connectivity index (χ0v) is 40.4. The number of hydrogen-bond donors (Lipinski definition) is 4. The third-order valence-corrected chi connectivity index (χ3v) is 16.8. The van der Waals surface area contributed by atoms with Gasteiger partial charge in [0.2, 0.25) is 0 Å². The average Bonchev–Trinajstić information content (AvgIpc) is 3.94. The lowest BCUT2D eigenvalue weighted by Gasteiger charge is -2.53. The number of carbonyl (C=O) groups is 1. The molecule has 17 heteroatoms. The van der Waals surface area contributed by atoms with Crippen molar-refractivity contribution in [3.05, 3.63) is 0 Å². The molecule has 0 saturated carbocycles. The monoisotopic (exact) mass is 917 g/mol. The van der Waals surface area contributed by atoms with E-state index in [1.165, 1.54) is 14.2 Å². The molecule has 24 atom stereocenters. The number of ether oxygens (including phenoxy) is 12. The van der Waals surface area contributed by atoms with Crippen LogP contribution in [-0.2, 0) is 61.6 Å². The second-order valence-electron chi connectivity index (χ2n) is 21.3. The van der Waals surface area contributed by atoms with Crippen LogP contribution in [0.25, 0.3) is 0 Å². The largest absolute Gasteiger partial charge is 0.481 e. The first-order chi connectivity index (χ1) is 30.0. The molecule has 7 heterocycles. The molecule has 0 aromatic rings. The van der Waals surface area contributed by atoms with Gasteiger partial charge in [-0.05, 0) is 59.3 Å². The van der Waals surface area contributed by atoms with Crippen molar-refractivity contribution in [1.29, 1.82) is 0 Å². The molecule has 0 aromatic carbocycles. The molecule has 7 fully saturated rings. The van der Waals surface area contributed by atoms with Crippen molar-refractivity contribution < 1.29 is 82.1 Å². The standard InChI is InChI=1S/C47H80O17/c1-23-18-24(2)45(9,51)61-36(23)31-19-32(58-35-20-30(53-10)40(55-12)28(6)57-35)42(59-31)44(8)15-14-33(60-44)43(7)16-17-46(64-43)21-29(48)25(3)37(62-46)26(4)38-41(56-13)39(54-11)27(5)47(52,63-38)22-34(49)50/h23-33,35-42,48,51-52H,14-22H2,1-13H3,(H,49,50)/t23-,24-,25+,26-,27-,28-,29-,30-,31+,32-,33+,35+,36-,37-,38-,39-,40-,41+,42+,43-,44-,45-,46+,47-/m0/s1. The Kier molecular flexibility index (Phi) is 15.1. The van der Waals surface area contributed by atoms with Gasteiger partial charge >= 0.3 is 5.97 Å². The fraction of sp³-hybridized carbons (Fsp3) is 0.979. The van der Waals surface area contributed by atoms with Crippen LogP contribution in [0, 0.1) is 29.6 Å². The maximum absolute atomic E-state index is 11.9. The molecule has 4 N–H and O–H groups in total. The lowest BCUT2D eigenvalue weighted by molar-refractivity contribution is -0.365. The van der Waals surface area contributed by atoms with Gasteiger partial charge in [-0.15, -0.1) is 0 Å². The van der Waals surface area contributed by atoms with Crippen molar-refractivity contribution in [2.75, 3.05) is 28.4 Å². The third kappa shape index (κ3) is 9.46. The number of aliphatic hydroxyl groups excluding tert-OH is 1. The Morgan fingerprint density at radius 2 is 1.45 bits per heavy atom.